The minimum Gasteiger partial charge on any atom is -0.476 e. The Bertz CT molecular complexity index is 725. The van der Waals surface area contributed by atoms with Crippen molar-refractivity contribution in [1.29, 1.82) is 0 Å². The number of hydrogen-bond acceptors (Lipinski definition) is 6. The first-order chi connectivity index (χ1) is 10.4. The molecular weight excluding hydrogens is 304 g/mol. The highest BCUT2D eigenvalue weighted by atomic mass is 32.2. The summed E-state index contributed by atoms with van der Waals surface area (Å²) in [5, 5.41) is 0. The van der Waals surface area contributed by atoms with Crippen molar-refractivity contribution in [2.75, 3.05) is 18.9 Å². The molecule has 0 saturated heterocycles. The summed E-state index contributed by atoms with van der Waals surface area (Å²) in [7, 11) is -3.54. The summed E-state index contributed by atoms with van der Waals surface area (Å²) in [6.07, 6.45) is 0. The van der Waals surface area contributed by atoms with Crippen molar-refractivity contribution in [1.82, 2.24) is 14.7 Å². The maximum Gasteiger partial charge on any atom is 0.240 e. The van der Waals surface area contributed by atoms with Crippen LogP contribution in [0.4, 0.5) is 5.95 Å². The number of nitrogens with zero attached hydrogens (tertiary/aromatic N) is 2. The zero-order chi connectivity index (χ0) is 16.2. The Hall–Kier alpha value is -2.19. The van der Waals surface area contributed by atoms with E-state index in [0.717, 1.165) is 5.56 Å². The number of benzene rings is 1. The molecule has 0 aliphatic carbocycles. The molecule has 0 amide bonds. The van der Waals surface area contributed by atoms with E-state index < -0.39 is 10.0 Å². The van der Waals surface area contributed by atoms with Gasteiger partial charge in [0.1, 0.15) is 6.61 Å². The molecule has 0 fully saturated rings. The van der Waals surface area contributed by atoms with Crippen LogP contribution in [0.25, 0.3) is 0 Å². The fourth-order valence-electron chi connectivity index (χ4n) is 1.77. The van der Waals surface area contributed by atoms with E-state index >= 15 is 0 Å². The Morgan fingerprint density at radius 2 is 1.86 bits per heavy atom. The van der Waals surface area contributed by atoms with Crippen molar-refractivity contribution in [3.05, 3.63) is 41.6 Å². The molecule has 0 atom stereocenters. The van der Waals surface area contributed by atoms with Gasteiger partial charge in [0.2, 0.25) is 21.9 Å². The summed E-state index contributed by atoms with van der Waals surface area (Å²) < 4.78 is 31.9. The van der Waals surface area contributed by atoms with Gasteiger partial charge in [-0.1, -0.05) is 17.7 Å². The fraction of sp³-hybridized carbons (Fsp3) is 0.286. The third kappa shape index (κ3) is 4.40. The van der Waals surface area contributed by atoms with Crippen LogP contribution in [0.3, 0.4) is 0 Å². The highest BCUT2D eigenvalue weighted by molar-refractivity contribution is 7.89. The number of anilines is 1. The van der Waals surface area contributed by atoms with E-state index in [9.17, 15) is 8.42 Å². The second kappa shape index (κ2) is 6.71. The highest BCUT2D eigenvalue weighted by Crippen LogP contribution is 2.11. The Morgan fingerprint density at radius 3 is 2.50 bits per heavy atom. The van der Waals surface area contributed by atoms with E-state index in [1.54, 1.807) is 37.3 Å². The monoisotopic (exact) mass is 322 g/mol. The molecule has 8 heteroatoms. The van der Waals surface area contributed by atoms with Crippen molar-refractivity contribution in [3.8, 4) is 5.88 Å². The molecule has 7 nitrogen and oxygen atoms in total. The van der Waals surface area contributed by atoms with Crippen molar-refractivity contribution >= 4 is 16.0 Å². The van der Waals surface area contributed by atoms with Gasteiger partial charge in [-0.15, -0.1) is 0 Å². The van der Waals surface area contributed by atoms with Crippen molar-refractivity contribution in [2.45, 2.75) is 18.7 Å². The van der Waals surface area contributed by atoms with Gasteiger partial charge in [0.05, 0.1) is 4.90 Å². The van der Waals surface area contributed by atoms with Gasteiger partial charge in [0.15, 0.2) is 0 Å². The Kier molecular flexibility index (Phi) is 4.94. The maximum atomic E-state index is 12.1. The van der Waals surface area contributed by atoms with Crippen LogP contribution >= 0.6 is 0 Å². The highest BCUT2D eigenvalue weighted by Gasteiger charge is 2.12. The topological polar surface area (TPSA) is 107 Å². The predicted octanol–water partition coefficient (Wildman–Crippen LogP) is 1.03. The van der Waals surface area contributed by atoms with Crippen LogP contribution < -0.4 is 15.2 Å². The smallest absolute Gasteiger partial charge is 0.240 e. The van der Waals surface area contributed by atoms with Crippen LogP contribution in [0.15, 0.2) is 35.2 Å². The van der Waals surface area contributed by atoms with Crippen LogP contribution in [0.5, 0.6) is 5.88 Å². The average molecular weight is 322 g/mol. The molecule has 1 aromatic heterocycles. The number of sulfonamides is 1. The van der Waals surface area contributed by atoms with Gasteiger partial charge in [-0.2, -0.15) is 4.98 Å². The predicted molar refractivity (Wildman–Crippen MR) is 83.0 cm³/mol. The SMILES string of the molecule is Cc1ccc(S(=O)(=O)NCCOc2cc(C)nc(N)n2)cc1. The minimum atomic E-state index is -3.54. The molecule has 22 heavy (non-hydrogen) atoms. The zero-order valence-electron chi connectivity index (χ0n) is 12.4. The molecule has 0 spiro atoms. The van der Waals surface area contributed by atoms with Crippen LogP contribution in [0.2, 0.25) is 0 Å². The third-order valence-corrected chi connectivity index (χ3v) is 4.30. The standard InChI is InChI=1S/C14H18N4O3S/c1-10-3-5-12(6-4-10)22(19,20)16-7-8-21-13-9-11(2)17-14(15)18-13/h3-6,9,16H,7-8H2,1-2H3,(H2,15,17,18). The maximum absolute atomic E-state index is 12.1. The summed E-state index contributed by atoms with van der Waals surface area (Å²) >= 11 is 0. The molecule has 1 aromatic carbocycles. The summed E-state index contributed by atoms with van der Waals surface area (Å²) in [6.45, 7) is 3.93. The second-order valence-electron chi connectivity index (χ2n) is 4.77. The van der Waals surface area contributed by atoms with Crippen molar-refractivity contribution in [3.63, 3.8) is 0 Å². The van der Waals surface area contributed by atoms with Gasteiger partial charge in [-0.3, -0.25) is 0 Å². The number of rotatable bonds is 6. The number of aromatic nitrogens is 2. The lowest BCUT2D eigenvalue weighted by Crippen LogP contribution is -2.28. The molecule has 3 N–H and O–H groups in total. The lowest BCUT2D eigenvalue weighted by molar-refractivity contribution is 0.310. The van der Waals surface area contributed by atoms with E-state index in [2.05, 4.69) is 14.7 Å². The molecule has 2 aromatic rings. The number of hydrogen-bond donors (Lipinski definition) is 2. The van der Waals surface area contributed by atoms with E-state index in [1.807, 2.05) is 6.92 Å². The normalized spacial score (nSPS) is 11.4. The number of aryl methyl sites for hydroxylation is 2. The summed E-state index contributed by atoms with van der Waals surface area (Å²) in [6, 6.07) is 8.25. The molecule has 0 aliphatic rings. The number of nitrogens with two attached hydrogens (primary N) is 1. The van der Waals surface area contributed by atoms with Gasteiger partial charge < -0.3 is 10.5 Å². The van der Waals surface area contributed by atoms with E-state index in [0.29, 0.717) is 11.6 Å². The molecule has 0 bridgehead atoms. The van der Waals surface area contributed by atoms with E-state index in [-0.39, 0.29) is 24.0 Å². The Labute approximate surface area is 129 Å². The summed E-state index contributed by atoms with van der Waals surface area (Å²) in [5.41, 5.74) is 7.19. The summed E-state index contributed by atoms with van der Waals surface area (Å²) in [4.78, 5) is 8.05. The lowest BCUT2D eigenvalue weighted by atomic mass is 10.2. The molecule has 1 heterocycles. The molecule has 0 aliphatic heterocycles. The van der Waals surface area contributed by atoms with E-state index in [4.69, 9.17) is 10.5 Å². The van der Waals surface area contributed by atoms with Gasteiger partial charge in [-0.25, -0.2) is 18.1 Å². The number of ether oxygens (including phenoxy) is 1. The Balaban J connectivity index is 1.89. The largest absolute Gasteiger partial charge is 0.476 e. The van der Waals surface area contributed by atoms with Gasteiger partial charge in [0.25, 0.3) is 0 Å². The quantitative estimate of drug-likeness (QED) is 0.769. The third-order valence-electron chi connectivity index (χ3n) is 2.82. The van der Waals surface area contributed by atoms with Crippen LogP contribution in [-0.2, 0) is 10.0 Å². The molecule has 118 valence electrons. The second-order valence-corrected chi connectivity index (χ2v) is 6.53. The Morgan fingerprint density at radius 1 is 1.18 bits per heavy atom. The summed E-state index contributed by atoms with van der Waals surface area (Å²) in [5.74, 6) is 0.440. The number of nitrogens with one attached hydrogen (secondary N) is 1. The van der Waals surface area contributed by atoms with Gasteiger partial charge >= 0.3 is 0 Å². The van der Waals surface area contributed by atoms with Crippen LogP contribution in [0, 0.1) is 13.8 Å². The average Bonchev–Trinajstić information content (AvgIpc) is 2.43. The molecule has 2 rings (SSSR count). The molecule has 0 unspecified atom stereocenters. The van der Waals surface area contributed by atoms with E-state index in [1.165, 1.54) is 0 Å². The number of nitrogen functional groups attached to an aromatic ring is 1. The fourth-order valence-corrected chi connectivity index (χ4v) is 2.78. The van der Waals surface area contributed by atoms with Crippen LogP contribution in [0.1, 0.15) is 11.3 Å². The zero-order valence-corrected chi connectivity index (χ0v) is 13.2. The van der Waals surface area contributed by atoms with Crippen LogP contribution in [-0.4, -0.2) is 31.5 Å². The lowest BCUT2D eigenvalue weighted by Gasteiger charge is -2.09. The first-order valence-corrected chi connectivity index (χ1v) is 8.15. The van der Waals surface area contributed by atoms with Crippen molar-refractivity contribution in [2.24, 2.45) is 0 Å². The molecule has 0 saturated carbocycles. The molecule has 0 radical (unpaired) electrons. The van der Waals surface area contributed by atoms with Gasteiger partial charge in [0, 0.05) is 18.3 Å². The molecular formula is C14H18N4O3S. The van der Waals surface area contributed by atoms with Gasteiger partial charge in [-0.05, 0) is 26.0 Å². The first-order valence-electron chi connectivity index (χ1n) is 6.67. The first kappa shape index (κ1) is 16.2. The minimum absolute atomic E-state index is 0.121. The van der Waals surface area contributed by atoms with Crippen molar-refractivity contribution < 1.29 is 13.2 Å².